The standard InChI is InChI=1S/C24H37N3O4/c1-25(17-23-18-30-14-15-31-23)20-6-10-26(11-7-20)21-4-2-19(3-5-21)16-24(29)27-12-8-22(28)9-13-27/h2-5,20,22-23,28H,6-18H2,1H3. The first-order chi connectivity index (χ1) is 15.1. The van der Waals surface area contributed by atoms with Crippen molar-refractivity contribution in [2.45, 2.75) is 50.4 Å². The quantitative estimate of drug-likeness (QED) is 0.737. The predicted molar refractivity (Wildman–Crippen MR) is 120 cm³/mol. The summed E-state index contributed by atoms with van der Waals surface area (Å²) in [5.74, 6) is 0.163. The van der Waals surface area contributed by atoms with Gasteiger partial charge in [0.05, 0.1) is 38.4 Å². The van der Waals surface area contributed by atoms with Gasteiger partial charge in [0.15, 0.2) is 0 Å². The first-order valence-corrected chi connectivity index (χ1v) is 11.8. The van der Waals surface area contributed by atoms with Crippen molar-refractivity contribution in [1.82, 2.24) is 9.80 Å². The molecule has 7 nitrogen and oxygen atoms in total. The fourth-order valence-corrected chi connectivity index (χ4v) is 4.90. The van der Waals surface area contributed by atoms with E-state index < -0.39 is 0 Å². The molecule has 1 aromatic rings. The molecule has 0 radical (unpaired) electrons. The number of nitrogens with zero attached hydrogens (tertiary/aromatic N) is 3. The number of ether oxygens (including phenoxy) is 2. The molecular weight excluding hydrogens is 394 g/mol. The van der Waals surface area contributed by atoms with Gasteiger partial charge in [-0.2, -0.15) is 0 Å². The van der Waals surface area contributed by atoms with E-state index in [1.54, 1.807) is 0 Å². The minimum Gasteiger partial charge on any atom is -0.393 e. The number of hydrogen-bond donors (Lipinski definition) is 1. The van der Waals surface area contributed by atoms with Gasteiger partial charge in [-0.25, -0.2) is 0 Å². The van der Waals surface area contributed by atoms with Gasteiger partial charge in [-0.3, -0.25) is 4.79 Å². The van der Waals surface area contributed by atoms with E-state index in [0.29, 0.717) is 58.2 Å². The molecule has 1 atom stereocenters. The van der Waals surface area contributed by atoms with E-state index in [-0.39, 0.29) is 18.1 Å². The second-order valence-electron chi connectivity index (χ2n) is 9.18. The second-order valence-corrected chi connectivity index (χ2v) is 9.18. The van der Waals surface area contributed by atoms with Gasteiger partial charge in [-0.05, 0) is 50.4 Å². The van der Waals surface area contributed by atoms with Crippen LogP contribution in [0.3, 0.4) is 0 Å². The molecule has 4 rings (SSSR count). The smallest absolute Gasteiger partial charge is 0.226 e. The highest BCUT2D eigenvalue weighted by Crippen LogP contribution is 2.23. The Hall–Kier alpha value is -1.67. The second kappa shape index (κ2) is 10.8. The van der Waals surface area contributed by atoms with E-state index in [4.69, 9.17) is 9.47 Å². The lowest BCUT2D eigenvalue weighted by atomic mass is 10.0. The van der Waals surface area contributed by atoms with Crippen molar-refractivity contribution in [1.29, 1.82) is 0 Å². The van der Waals surface area contributed by atoms with E-state index in [0.717, 1.165) is 38.0 Å². The largest absolute Gasteiger partial charge is 0.393 e. The molecule has 0 bridgehead atoms. The number of carbonyl (C=O) groups excluding carboxylic acids is 1. The lowest BCUT2D eigenvalue weighted by Crippen LogP contribution is -2.47. The SMILES string of the molecule is CN(CC1COCCO1)C1CCN(c2ccc(CC(=O)N3CCC(O)CC3)cc2)CC1. The van der Waals surface area contributed by atoms with Crippen LogP contribution < -0.4 is 4.90 Å². The summed E-state index contributed by atoms with van der Waals surface area (Å²) >= 11 is 0. The van der Waals surface area contributed by atoms with Gasteiger partial charge in [0, 0.05) is 44.5 Å². The molecule has 3 aliphatic heterocycles. The molecule has 3 aliphatic rings. The fraction of sp³-hybridized carbons (Fsp3) is 0.708. The van der Waals surface area contributed by atoms with Gasteiger partial charge in [0.2, 0.25) is 5.91 Å². The maximum atomic E-state index is 12.5. The highest BCUT2D eigenvalue weighted by molar-refractivity contribution is 5.79. The summed E-state index contributed by atoms with van der Waals surface area (Å²) in [6.45, 7) is 6.49. The van der Waals surface area contributed by atoms with Gasteiger partial charge < -0.3 is 29.3 Å². The van der Waals surface area contributed by atoms with Gasteiger partial charge in [-0.15, -0.1) is 0 Å². The van der Waals surface area contributed by atoms with E-state index in [9.17, 15) is 9.90 Å². The molecule has 1 unspecified atom stereocenters. The molecule has 0 spiro atoms. The Morgan fingerprint density at radius 1 is 1.06 bits per heavy atom. The van der Waals surface area contributed by atoms with Gasteiger partial charge in [-0.1, -0.05) is 12.1 Å². The van der Waals surface area contributed by atoms with Crippen molar-refractivity contribution in [2.75, 3.05) is 64.5 Å². The molecule has 0 aromatic heterocycles. The third-order valence-corrected chi connectivity index (χ3v) is 6.94. The first kappa shape index (κ1) is 22.5. The molecule has 3 fully saturated rings. The van der Waals surface area contributed by atoms with Crippen molar-refractivity contribution in [3.05, 3.63) is 29.8 Å². The number of benzene rings is 1. The number of anilines is 1. The van der Waals surface area contributed by atoms with Crippen LogP contribution in [0.1, 0.15) is 31.2 Å². The van der Waals surface area contributed by atoms with Crippen LogP contribution in [0.5, 0.6) is 0 Å². The van der Waals surface area contributed by atoms with Crippen LogP contribution in [-0.2, 0) is 20.7 Å². The maximum absolute atomic E-state index is 12.5. The van der Waals surface area contributed by atoms with E-state index >= 15 is 0 Å². The van der Waals surface area contributed by atoms with Crippen molar-refractivity contribution < 1.29 is 19.4 Å². The summed E-state index contributed by atoms with van der Waals surface area (Å²) in [4.78, 5) is 19.3. The number of aliphatic hydroxyl groups excluding tert-OH is 1. The van der Waals surface area contributed by atoms with Crippen LogP contribution in [0.2, 0.25) is 0 Å². The van der Waals surface area contributed by atoms with E-state index in [1.807, 2.05) is 4.90 Å². The highest BCUT2D eigenvalue weighted by Gasteiger charge is 2.26. The summed E-state index contributed by atoms with van der Waals surface area (Å²) in [6.07, 6.45) is 4.06. The zero-order valence-electron chi connectivity index (χ0n) is 18.7. The van der Waals surface area contributed by atoms with E-state index in [1.165, 1.54) is 5.69 Å². The molecule has 1 N–H and O–H groups in total. The summed E-state index contributed by atoms with van der Waals surface area (Å²) in [6, 6.07) is 9.07. The average molecular weight is 432 g/mol. The molecule has 172 valence electrons. The number of carbonyl (C=O) groups is 1. The number of amides is 1. The predicted octanol–water partition coefficient (Wildman–Crippen LogP) is 1.53. The zero-order chi connectivity index (χ0) is 21.6. The van der Waals surface area contributed by atoms with Crippen LogP contribution in [0.25, 0.3) is 0 Å². The molecule has 0 saturated carbocycles. The Balaban J connectivity index is 1.22. The number of likely N-dealkylation sites (N-methyl/N-ethyl adjacent to an activating group) is 1. The molecule has 0 aliphatic carbocycles. The molecular formula is C24H37N3O4. The summed E-state index contributed by atoms with van der Waals surface area (Å²) in [5, 5.41) is 9.62. The van der Waals surface area contributed by atoms with Gasteiger partial charge in [0.1, 0.15) is 0 Å². The Bertz CT molecular complexity index is 691. The van der Waals surface area contributed by atoms with Crippen molar-refractivity contribution in [3.63, 3.8) is 0 Å². The Kier molecular flexibility index (Phi) is 7.82. The Morgan fingerprint density at radius 2 is 1.77 bits per heavy atom. The number of rotatable bonds is 6. The number of aliphatic hydroxyl groups is 1. The minimum absolute atomic E-state index is 0.163. The third kappa shape index (κ3) is 6.19. The monoisotopic (exact) mass is 431 g/mol. The summed E-state index contributed by atoms with van der Waals surface area (Å²) < 4.78 is 11.3. The summed E-state index contributed by atoms with van der Waals surface area (Å²) in [7, 11) is 2.20. The van der Waals surface area contributed by atoms with Crippen molar-refractivity contribution >= 4 is 11.6 Å². The Labute approximate surface area is 185 Å². The van der Waals surface area contributed by atoms with E-state index in [2.05, 4.69) is 41.1 Å². The number of piperidine rings is 2. The van der Waals surface area contributed by atoms with Crippen molar-refractivity contribution in [3.8, 4) is 0 Å². The molecule has 1 aromatic carbocycles. The molecule has 31 heavy (non-hydrogen) atoms. The van der Waals surface area contributed by atoms with Crippen LogP contribution in [0.15, 0.2) is 24.3 Å². The Morgan fingerprint density at radius 3 is 2.42 bits per heavy atom. The lowest BCUT2D eigenvalue weighted by molar-refractivity contribution is -0.132. The third-order valence-electron chi connectivity index (χ3n) is 6.94. The van der Waals surface area contributed by atoms with Crippen molar-refractivity contribution in [2.24, 2.45) is 0 Å². The van der Waals surface area contributed by atoms with Crippen LogP contribution in [0, 0.1) is 0 Å². The van der Waals surface area contributed by atoms with Crippen LogP contribution in [-0.4, -0.2) is 98.7 Å². The maximum Gasteiger partial charge on any atom is 0.226 e. The van der Waals surface area contributed by atoms with Gasteiger partial charge in [0.25, 0.3) is 0 Å². The first-order valence-electron chi connectivity index (χ1n) is 11.8. The fourth-order valence-electron chi connectivity index (χ4n) is 4.90. The molecule has 3 saturated heterocycles. The lowest BCUT2D eigenvalue weighted by Gasteiger charge is -2.39. The van der Waals surface area contributed by atoms with Gasteiger partial charge >= 0.3 is 0 Å². The minimum atomic E-state index is -0.248. The average Bonchev–Trinajstić information content (AvgIpc) is 2.81. The topological polar surface area (TPSA) is 65.5 Å². The summed E-state index contributed by atoms with van der Waals surface area (Å²) in [5.41, 5.74) is 2.30. The normalized spacial score (nSPS) is 24.0. The number of hydrogen-bond acceptors (Lipinski definition) is 6. The highest BCUT2D eigenvalue weighted by atomic mass is 16.6. The molecule has 3 heterocycles. The molecule has 7 heteroatoms. The van der Waals surface area contributed by atoms with Crippen LogP contribution >= 0.6 is 0 Å². The zero-order valence-corrected chi connectivity index (χ0v) is 18.7. The van der Waals surface area contributed by atoms with Crippen LogP contribution in [0.4, 0.5) is 5.69 Å². The molecule has 1 amide bonds. The number of likely N-dealkylation sites (tertiary alicyclic amines) is 1.